The molecule has 29 heavy (non-hydrogen) atoms. The number of aryl methyl sites for hydroxylation is 2. The summed E-state index contributed by atoms with van der Waals surface area (Å²) in [5.74, 6) is 0.261. The van der Waals surface area contributed by atoms with Gasteiger partial charge in [0.1, 0.15) is 22.5 Å². The summed E-state index contributed by atoms with van der Waals surface area (Å²) in [5.41, 5.74) is 3.85. The Balaban J connectivity index is 1.91. The van der Waals surface area contributed by atoms with Crippen LogP contribution in [0.4, 0.5) is 0 Å². The molecule has 0 aliphatic heterocycles. The maximum absolute atomic E-state index is 12.7. The first kappa shape index (κ1) is 20.4. The van der Waals surface area contributed by atoms with Crippen LogP contribution < -0.4 is 4.74 Å². The summed E-state index contributed by atoms with van der Waals surface area (Å²) in [6.07, 6.45) is 1.50. The fourth-order valence-corrected chi connectivity index (χ4v) is 3.18. The summed E-state index contributed by atoms with van der Waals surface area (Å²) in [6, 6.07) is 16.7. The quantitative estimate of drug-likeness (QED) is 0.329. The molecular formula is C23H20ClN3O2. The van der Waals surface area contributed by atoms with Gasteiger partial charge in [-0.15, -0.1) is 0 Å². The minimum absolute atomic E-state index is 0.00458. The first-order chi connectivity index (χ1) is 13.9. The van der Waals surface area contributed by atoms with Gasteiger partial charge in [0, 0.05) is 11.1 Å². The molecule has 3 rings (SSSR count). The zero-order valence-corrected chi connectivity index (χ0v) is 17.2. The highest BCUT2D eigenvalue weighted by molar-refractivity contribution is 6.31. The maximum atomic E-state index is 12.7. The van der Waals surface area contributed by atoms with Crippen molar-refractivity contribution in [2.75, 3.05) is 7.11 Å². The number of rotatable bonds is 6. The van der Waals surface area contributed by atoms with E-state index in [1.807, 2.05) is 37.3 Å². The van der Waals surface area contributed by atoms with E-state index in [1.54, 1.807) is 43.0 Å². The highest BCUT2D eigenvalue weighted by atomic mass is 35.5. The normalized spacial score (nSPS) is 11.2. The lowest BCUT2D eigenvalue weighted by molar-refractivity contribution is 0.104. The highest BCUT2D eigenvalue weighted by Crippen LogP contribution is 2.25. The second kappa shape index (κ2) is 8.76. The summed E-state index contributed by atoms with van der Waals surface area (Å²) >= 11 is 6.52. The largest absolute Gasteiger partial charge is 0.497 e. The fourth-order valence-electron chi connectivity index (χ4n) is 2.89. The van der Waals surface area contributed by atoms with E-state index in [4.69, 9.17) is 16.3 Å². The van der Waals surface area contributed by atoms with E-state index in [9.17, 15) is 10.1 Å². The molecule has 0 bridgehead atoms. The molecule has 0 aliphatic rings. The van der Waals surface area contributed by atoms with Gasteiger partial charge in [-0.25, -0.2) is 4.68 Å². The van der Waals surface area contributed by atoms with E-state index < -0.39 is 0 Å². The Bertz CT molecular complexity index is 1100. The molecule has 1 aromatic heterocycles. The van der Waals surface area contributed by atoms with Crippen LogP contribution in [0.15, 0.2) is 54.1 Å². The first-order valence-electron chi connectivity index (χ1n) is 9.02. The van der Waals surface area contributed by atoms with E-state index in [-0.39, 0.29) is 11.4 Å². The summed E-state index contributed by atoms with van der Waals surface area (Å²) in [5, 5.41) is 14.4. The number of nitriles is 1. The monoisotopic (exact) mass is 405 g/mol. The van der Waals surface area contributed by atoms with Gasteiger partial charge in [0.25, 0.3) is 0 Å². The van der Waals surface area contributed by atoms with Crippen LogP contribution in [-0.4, -0.2) is 22.7 Å². The summed E-state index contributed by atoms with van der Waals surface area (Å²) in [4.78, 5) is 12.7. The lowest BCUT2D eigenvalue weighted by Gasteiger charge is -2.04. The Morgan fingerprint density at radius 2 is 1.83 bits per heavy atom. The Morgan fingerprint density at radius 3 is 2.41 bits per heavy atom. The number of hydrogen-bond acceptors (Lipinski definition) is 4. The molecule has 146 valence electrons. The lowest BCUT2D eigenvalue weighted by atomic mass is 10.0. The molecule has 6 heteroatoms. The van der Waals surface area contributed by atoms with Crippen molar-refractivity contribution in [3.8, 4) is 11.8 Å². The lowest BCUT2D eigenvalue weighted by Crippen LogP contribution is -2.03. The molecule has 0 N–H and O–H groups in total. The molecule has 0 atom stereocenters. The molecule has 0 saturated heterocycles. The van der Waals surface area contributed by atoms with Crippen molar-refractivity contribution >= 4 is 23.5 Å². The number of nitrogens with zero attached hydrogens (tertiary/aromatic N) is 3. The van der Waals surface area contributed by atoms with Crippen LogP contribution in [0.3, 0.4) is 0 Å². The molecule has 0 fully saturated rings. The number of allylic oxidation sites excluding steroid dienone is 1. The molecule has 0 unspecified atom stereocenters. The van der Waals surface area contributed by atoms with Crippen LogP contribution >= 0.6 is 11.6 Å². The van der Waals surface area contributed by atoms with E-state index in [2.05, 4.69) is 5.10 Å². The number of carbonyl (C=O) groups is 1. The number of halogens is 1. The van der Waals surface area contributed by atoms with Gasteiger partial charge in [0.2, 0.25) is 5.78 Å². The smallest absolute Gasteiger partial charge is 0.203 e. The molecular weight excluding hydrogens is 386 g/mol. The summed E-state index contributed by atoms with van der Waals surface area (Å²) in [6.45, 7) is 4.33. The standard InChI is InChI=1S/C23H20ClN3O2/c1-15-4-6-17(7-5-15)14-27-23(24)21(16(2)26-27)12-19(13-25)22(28)18-8-10-20(29-3)11-9-18/h4-12H,14H2,1-3H3/b19-12+. The molecule has 0 amide bonds. The SMILES string of the molecule is COc1ccc(C(=O)/C(C#N)=C/c2c(C)nn(Cc3ccc(C)cc3)c2Cl)cc1. The molecule has 0 radical (unpaired) electrons. The third-order valence-electron chi connectivity index (χ3n) is 4.57. The van der Waals surface area contributed by atoms with Gasteiger partial charge in [-0.3, -0.25) is 4.79 Å². The van der Waals surface area contributed by atoms with Crippen LogP contribution in [-0.2, 0) is 6.54 Å². The molecule has 1 heterocycles. The third-order valence-corrected chi connectivity index (χ3v) is 4.97. The number of ether oxygens (including phenoxy) is 1. The molecule has 0 aliphatic carbocycles. The summed E-state index contributed by atoms with van der Waals surface area (Å²) < 4.78 is 6.77. The van der Waals surface area contributed by atoms with Crippen molar-refractivity contribution in [2.24, 2.45) is 0 Å². The second-order valence-electron chi connectivity index (χ2n) is 6.66. The third kappa shape index (κ3) is 4.56. The molecule has 0 spiro atoms. The Labute approximate surface area is 174 Å². The maximum Gasteiger partial charge on any atom is 0.203 e. The number of methoxy groups -OCH3 is 1. The van der Waals surface area contributed by atoms with Crippen molar-refractivity contribution in [2.45, 2.75) is 20.4 Å². The molecule has 3 aromatic rings. The topological polar surface area (TPSA) is 67.9 Å². The zero-order chi connectivity index (χ0) is 21.0. The van der Waals surface area contributed by atoms with Gasteiger partial charge >= 0.3 is 0 Å². The number of benzene rings is 2. The minimum Gasteiger partial charge on any atom is -0.497 e. The van der Waals surface area contributed by atoms with Crippen molar-refractivity contribution < 1.29 is 9.53 Å². The molecule has 2 aromatic carbocycles. The van der Waals surface area contributed by atoms with Crippen molar-refractivity contribution in [3.63, 3.8) is 0 Å². The fraction of sp³-hybridized carbons (Fsp3) is 0.174. The van der Waals surface area contributed by atoms with E-state index >= 15 is 0 Å². The van der Waals surface area contributed by atoms with Crippen molar-refractivity contribution in [1.29, 1.82) is 5.26 Å². The average Bonchev–Trinajstić information content (AvgIpc) is 3.00. The Hall–Kier alpha value is -3.36. The van der Waals surface area contributed by atoms with Crippen LogP contribution in [0.1, 0.15) is 32.7 Å². The van der Waals surface area contributed by atoms with Gasteiger partial charge in [0.15, 0.2) is 0 Å². The first-order valence-corrected chi connectivity index (χ1v) is 9.39. The zero-order valence-electron chi connectivity index (χ0n) is 16.4. The van der Waals surface area contributed by atoms with Gasteiger partial charge in [-0.2, -0.15) is 10.4 Å². The van der Waals surface area contributed by atoms with Gasteiger partial charge < -0.3 is 4.74 Å². The van der Waals surface area contributed by atoms with Crippen LogP contribution in [0.2, 0.25) is 5.15 Å². The number of ketones is 1. The van der Waals surface area contributed by atoms with Gasteiger partial charge in [-0.1, -0.05) is 41.4 Å². The number of hydrogen-bond donors (Lipinski definition) is 0. The van der Waals surface area contributed by atoms with Crippen LogP contribution in [0.25, 0.3) is 6.08 Å². The van der Waals surface area contributed by atoms with E-state index in [0.29, 0.717) is 34.3 Å². The van der Waals surface area contributed by atoms with Gasteiger partial charge in [0.05, 0.1) is 19.3 Å². The van der Waals surface area contributed by atoms with Crippen LogP contribution in [0.5, 0.6) is 5.75 Å². The predicted octanol–water partition coefficient (Wildman–Crippen LogP) is 5.00. The number of Topliss-reactive ketones (excluding diaryl/α,β-unsaturated/α-hetero) is 1. The average molecular weight is 406 g/mol. The van der Waals surface area contributed by atoms with Gasteiger partial charge in [-0.05, 0) is 49.8 Å². The van der Waals surface area contributed by atoms with Crippen LogP contribution in [0, 0.1) is 25.2 Å². The second-order valence-corrected chi connectivity index (χ2v) is 7.02. The van der Waals surface area contributed by atoms with E-state index in [0.717, 1.165) is 5.56 Å². The van der Waals surface area contributed by atoms with E-state index in [1.165, 1.54) is 11.6 Å². The molecule has 5 nitrogen and oxygen atoms in total. The number of aromatic nitrogens is 2. The Kier molecular flexibility index (Phi) is 6.16. The summed E-state index contributed by atoms with van der Waals surface area (Å²) in [7, 11) is 1.55. The highest BCUT2D eigenvalue weighted by Gasteiger charge is 2.17. The number of carbonyl (C=O) groups excluding carboxylic acids is 1. The van der Waals surface area contributed by atoms with Crippen molar-refractivity contribution in [1.82, 2.24) is 9.78 Å². The molecule has 0 saturated carbocycles. The minimum atomic E-state index is -0.378. The predicted molar refractivity (Wildman–Crippen MR) is 113 cm³/mol. The Morgan fingerprint density at radius 1 is 1.17 bits per heavy atom. The van der Waals surface area contributed by atoms with Crippen molar-refractivity contribution in [3.05, 3.63) is 87.2 Å².